The van der Waals surface area contributed by atoms with E-state index in [-0.39, 0.29) is 6.04 Å². The number of nitrogens with two attached hydrogens (primary N) is 1. The van der Waals surface area contributed by atoms with Crippen molar-refractivity contribution in [1.29, 1.82) is 0 Å². The van der Waals surface area contributed by atoms with Gasteiger partial charge >= 0.3 is 0 Å². The minimum Gasteiger partial charge on any atom is -0.497 e. The van der Waals surface area contributed by atoms with Gasteiger partial charge in [0, 0.05) is 17.9 Å². The Bertz CT molecular complexity index is 598. The van der Waals surface area contributed by atoms with Crippen molar-refractivity contribution >= 4 is 22.9 Å². The Kier molecular flexibility index (Phi) is 4.53. The second kappa shape index (κ2) is 6.34. The number of anilines is 1. The highest BCUT2D eigenvalue weighted by molar-refractivity contribution is 7.80. The molecule has 0 aliphatic carbocycles. The third-order valence-electron chi connectivity index (χ3n) is 3.01. The second-order valence-electron chi connectivity index (χ2n) is 4.43. The van der Waals surface area contributed by atoms with Crippen molar-refractivity contribution in [3.63, 3.8) is 0 Å². The summed E-state index contributed by atoms with van der Waals surface area (Å²) in [5.41, 5.74) is 8.30. The van der Waals surface area contributed by atoms with Gasteiger partial charge in [-0.05, 0) is 36.8 Å². The van der Waals surface area contributed by atoms with Crippen LogP contribution in [0.2, 0.25) is 0 Å². The summed E-state index contributed by atoms with van der Waals surface area (Å²) in [6.07, 6.45) is 1.69. The molecule has 1 unspecified atom stereocenters. The SMILES string of the molecule is COc1ccc(C(C)Nc2ccnc(C(N)=S)c2)cc1. The highest BCUT2D eigenvalue weighted by Gasteiger charge is 2.07. The van der Waals surface area contributed by atoms with Crippen LogP contribution in [0.4, 0.5) is 5.69 Å². The number of thiocarbonyl (C=S) groups is 1. The maximum absolute atomic E-state index is 5.58. The number of ether oxygens (including phenoxy) is 1. The van der Waals surface area contributed by atoms with E-state index in [1.165, 1.54) is 5.56 Å². The number of methoxy groups -OCH3 is 1. The number of nitrogens with one attached hydrogen (secondary N) is 1. The monoisotopic (exact) mass is 287 g/mol. The van der Waals surface area contributed by atoms with E-state index in [0.29, 0.717) is 10.7 Å². The Morgan fingerprint density at radius 2 is 2.00 bits per heavy atom. The number of hydrogen-bond acceptors (Lipinski definition) is 4. The van der Waals surface area contributed by atoms with Crippen LogP contribution in [0.3, 0.4) is 0 Å². The van der Waals surface area contributed by atoms with Gasteiger partial charge in [0.1, 0.15) is 10.7 Å². The topological polar surface area (TPSA) is 60.2 Å². The molecule has 0 bridgehead atoms. The van der Waals surface area contributed by atoms with E-state index in [0.717, 1.165) is 11.4 Å². The zero-order chi connectivity index (χ0) is 14.5. The van der Waals surface area contributed by atoms with E-state index in [2.05, 4.69) is 17.2 Å². The fourth-order valence-corrected chi connectivity index (χ4v) is 1.99. The highest BCUT2D eigenvalue weighted by Crippen LogP contribution is 2.21. The largest absolute Gasteiger partial charge is 0.497 e. The van der Waals surface area contributed by atoms with Gasteiger partial charge < -0.3 is 15.8 Å². The Balaban J connectivity index is 2.12. The van der Waals surface area contributed by atoms with Crippen molar-refractivity contribution in [1.82, 2.24) is 4.98 Å². The summed E-state index contributed by atoms with van der Waals surface area (Å²) in [7, 11) is 1.66. The average Bonchev–Trinajstić information content (AvgIpc) is 2.47. The van der Waals surface area contributed by atoms with Gasteiger partial charge in [-0.2, -0.15) is 0 Å². The van der Waals surface area contributed by atoms with E-state index >= 15 is 0 Å². The minimum absolute atomic E-state index is 0.155. The molecule has 2 rings (SSSR count). The molecule has 104 valence electrons. The molecule has 0 fully saturated rings. The van der Waals surface area contributed by atoms with E-state index < -0.39 is 0 Å². The molecule has 20 heavy (non-hydrogen) atoms. The highest BCUT2D eigenvalue weighted by atomic mass is 32.1. The van der Waals surface area contributed by atoms with E-state index in [1.807, 2.05) is 36.4 Å². The fourth-order valence-electron chi connectivity index (χ4n) is 1.88. The molecule has 0 saturated heterocycles. The third-order valence-corrected chi connectivity index (χ3v) is 3.22. The molecule has 1 aromatic heterocycles. The summed E-state index contributed by atoms with van der Waals surface area (Å²) in [5.74, 6) is 0.848. The molecule has 0 amide bonds. The molecular weight excluding hydrogens is 270 g/mol. The number of benzene rings is 1. The van der Waals surface area contributed by atoms with E-state index in [4.69, 9.17) is 22.7 Å². The lowest BCUT2D eigenvalue weighted by Gasteiger charge is -2.16. The van der Waals surface area contributed by atoms with Gasteiger partial charge in [0.2, 0.25) is 0 Å². The van der Waals surface area contributed by atoms with Crippen LogP contribution in [-0.2, 0) is 0 Å². The first-order valence-electron chi connectivity index (χ1n) is 6.26. The summed E-state index contributed by atoms with van der Waals surface area (Å²) in [4.78, 5) is 4.42. The summed E-state index contributed by atoms with van der Waals surface area (Å²) in [6.45, 7) is 2.09. The summed E-state index contributed by atoms with van der Waals surface area (Å²) >= 11 is 4.93. The van der Waals surface area contributed by atoms with Gasteiger partial charge in [-0.1, -0.05) is 24.4 Å². The van der Waals surface area contributed by atoms with Gasteiger partial charge in [0.05, 0.1) is 12.8 Å². The third kappa shape index (κ3) is 3.45. The molecule has 2 aromatic rings. The van der Waals surface area contributed by atoms with Crippen LogP contribution in [0.5, 0.6) is 5.75 Å². The normalized spacial score (nSPS) is 11.7. The number of nitrogens with zero attached hydrogens (tertiary/aromatic N) is 1. The van der Waals surface area contributed by atoms with Gasteiger partial charge in [0.25, 0.3) is 0 Å². The second-order valence-corrected chi connectivity index (χ2v) is 4.87. The van der Waals surface area contributed by atoms with Gasteiger partial charge in [-0.3, -0.25) is 4.98 Å². The smallest absolute Gasteiger partial charge is 0.122 e. The fraction of sp³-hybridized carbons (Fsp3) is 0.200. The summed E-state index contributed by atoms with van der Waals surface area (Å²) < 4.78 is 5.15. The van der Waals surface area contributed by atoms with Crippen molar-refractivity contribution in [2.24, 2.45) is 5.73 Å². The molecule has 3 N–H and O–H groups in total. The molecule has 1 aromatic carbocycles. The van der Waals surface area contributed by atoms with Crippen molar-refractivity contribution in [2.75, 3.05) is 12.4 Å². The van der Waals surface area contributed by atoms with Crippen molar-refractivity contribution < 1.29 is 4.74 Å². The van der Waals surface area contributed by atoms with Gasteiger partial charge in [-0.25, -0.2) is 0 Å². The lowest BCUT2D eigenvalue weighted by Crippen LogP contribution is -2.13. The molecule has 0 spiro atoms. The predicted octanol–water partition coefficient (Wildman–Crippen LogP) is 2.90. The zero-order valence-electron chi connectivity index (χ0n) is 11.5. The van der Waals surface area contributed by atoms with Crippen molar-refractivity contribution in [3.05, 3.63) is 53.9 Å². The first-order chi connectivity index (χ1) is 9.60. The van der Waals surface area contributed by atoms with Crippen LogP contribution in [0, 0.1) is 0 Å². The lowest BCUT2D eigenvalue weighted by atomic mass is 10.1. The van der Waals surface area contributed by atoms with Crippen LogP contribution in [0.15, 0.2) is 42.6 Å². The average molecular weight is 287 g/mol. The van der Waals surface area contributed by atoms with Gasteiger partial charge in [0.15, 0.2) is 0 Å². The van der Waals surface area contributed by atoms with Crippen LogP contribution in [-0.4, -0.2) is 17.1 Å². The molecular formula is C15H17N3OS. The molecule has 0 aliphatic heterocycles. The molecule has 1 atom stereocenters. The molecule has 4 nitrogen and oxygen atoms in total. The standard InChI is InChI=1S/C15H17N3OS/c1-10(11-3-5-13(19-2)6-4-11)18-12-7-8-17-14(9-12)15(16)20/h3-10H,1-2H3,(H2,16,20)(H,17,18). The van der Waals surface area contributed by atoms with Crippen molar-refractivity contribution in [3.8, 4) is 5.75 Å². The number of pyridine rings is 1. The minimum atomic E-state index is 0.155. The number of rotatable bonds is 5. The van der Waals surface area contributed by atoms with Crippen LogP contribution >= 0.6 is 12.2 Å². The van der Waals surface area contributed by atoms with Crippen LogP contribution < -0.4 is 15.8 Å². The zero-order valence-corrected chi connectivity index (χ0v) is 12.3. The first-order valence-corrected chi connectivity index (χ1v) is 6.67. The number of hydrogen-bond donors (Lipinski definition) is 2. The Morgan fingerprint density at radius 3 is 2.60 bits per heavy atom. The van der Waals surface area contributed by atoms with Crippen molar-refractivity contribution in [2.45, 2.75) is 13.0 Å². The molecule has 0 saturated carbocycles. The van der Waals surface area contributed by atoms with E-state index in [9.17, 15) is 0 Å². The quantitative estimate of drug-likeness (QED) is 0.828. The summed E-state index contributed by atoms with van der Waals surface area (Å²) in [6, 6.07) is 11.9. The Morgan fingerprint density at radius 1 is 1.30 bits per heavy atom. The van der Waals surface area contributed by atoms with Crippen LogP contribution in [0.25, 0.3) is 0 Å². The number of aromatic nitrogens is 1. The summed E-state index contributed by atoms with van der Waals surface area (Å²) in [5, 5.41) is 3.39. The molecule has 0 aliphatic rings. The molecule has 1 heterocycles. The molecule has 5 heteroatoms. The van der Waals surface area contributed by atoms with Gasteiger partial charge in [-0.15, -0.1) is 0 Å². The van der Waals surface area contributed by atoms with E-state index in [1.54, 1.807) is 13.3 Å². The molecule has 0 radical (unpaired) electrons. The first kappa shape index (κ1) is 14.3. The van der Waals surface area contributed by atoms with Crippen LogP contribution in [0.1, 0.15) is 24.2 Å². The maximum atomic E-state index is 5.58. The Labute approximate surface area is 124 Å². The maximum Gasteiger partial charge on any atom is 0.122 e. The Hall–Kier alpha value is -2.14. The predicted molar refractivity (Wildman–Crippen MR) is 85.2 cm³/mol. The lowest BCUT2D eigenvalue weighted by molar-refractivity contribution is 0.414.